The largest absolute Gasteiger partial charge is 0.508 e. The highest BCUT2D eigenvalue weighted by Gasteiger charge is 2.30. The molecule has 0 saturated carbocycles. The van der Waals surface area contributed by atoms with Crippen LogP contribution in [0.1, 0.15) is 37.7 Å². The number of hydrogen-bond donors (Lipinski definition) is 9. The van der Waals surface area contributed by atoms with Crippen LogP contribution in [0.25, 0.3) is 0 Å². The number of aliphatic carboxylic acids is 2. The number of aliphatic hydroxyl groups excluding tert-OH is 1. The van der Waals surface area contributed by atoms with Crippen molar-refractivity contribution in [3.05, 3.63) is 29.8 Å². The van der Waals surface area contributed by atoms with E-state index in [1.165, 1.54) is 12.1 Å². The number of carboxylic acids is 2. The van der Waals surface area contributed by atoms with Crippen molar-refractivity contribution in [1.82, 2.24) is 16.0 Å². The number of unbranched alkanes of at least 4 members (excludes halogenated alkanes) is 1. The molecule has 0 aromatic heterocycles. The van der Waals surface area contributed by atoms with Gasteiger partial charge in [0, 0.05) is 6.42 Å². The number of nitrogens with two attached hydrogens (primary N) is 2. The van der Waals surface area contributed by atoms with Gasteiger partial charge in [0.2, 0.25) is 17.7 Å². The van der Waals surface area contributed by atoms with Gasteiger partial charge in [0.05, 0.1) is 12.6 Å². The molecule has 0 saturated heterocycles. The number of aliphatic hydroxyl groups is 1. The van der Waals surface area contributed by atoms with Gasteiger partial charge in [-0.15, -0.1) is 0 Å². The number of carboxylic acid groups (broad SMARTS) is 2. The average molecular weight is 526 g/mol. The van der Waals surface area contributed by atoms with Crippen LogP contribution in [0.2, 0.25) is 0 Å². The molecule has 1 rings (SSSR count). The lowest BCUT2D eigenvalue weighted by molar-refractivity contribution is -0.144. The lowest BCUT2D eigenvalue weighted by Crippen LogP contribution is -2.57. The van der Waals surface area contributed by atoms with Gasteiger partial charge in [0.15, 0.2) is 0 Å². The van der Waals surface area contributed by atoms with Gasteiger partial charge in [-0.05, 0) is 56.3 Å². The van der Waals surface area contributed by atoms with Crippen LogP contribution < -0.4 is 27.4 Å². The van der Waals surface area contributed by atoms with Crippen molar-refractivity contribution in [2.45, 2.75) is 62.7 Å². The second-order valence-corrected chi connectivity index (χ2v) is 8.40. The molecule has 0 fully saturated rings. The van der Waals surface area contributed by atoms with E-state index in [4.69, 9.17) is 26.8 Å². The van der Waals surface area contributed by atoms with E-state index in [-0.39, 0.29) is 25.0 Å². The van der Waals surface area contributed by atoms with Gasteiger partial charge in [-0.1, -0.05) is 12.1 Å². The molecule has 14 heteroatoms. The molecule has 1 aromatic rings. The average Bonchev–Trinajstić information content (AvgIpc) is 2.85. The summed E-state index contributed by atoms with van der Waals surface area (Å²) >= 11 is 0. The fourth-order valence-electron chi connectivity index (χ4n) is 3.29. The highest BCUT2D eigenvalue weighted by Crippen LogP contribution is 2.11. The van der Waals surface area contributed by atoms with Crippen molar-refractivity contribution >= 4 is 29.7 Å². The van der Waals surface area contributed by atoms with Gasteiger partial charge in [-0.25, -0.2) is 4.79 Å². The van der Waals surface area contributed by atoms with Gasteiger partial charge < -0.3 is 47.8 Å². The van der Waals surface area contributed by atoms with Crippen LogP contribution >= 0.6 is 0 Å². The van der Waals surface area contributed by atoms with Crippen molar-refractivity contribution in [1.29, 1.82) is 0 Å². The SMILES string of the molecule is NCCCCC(NC(=O)C(N)Cc1ccc(O)cc1)C(=O)NC(CCC(=O)O)C(=O)NC(CO)C(=O)O. The third kappa shape index (κ3) is 11.7. The second kappa shape index (κ2) is 16.1. The number of carbonyl (C=O) groups excluding carboxylic acids is 3. The Labute approximate surface area is 213 Å². The van der Waals surface area contributed by atoms with Crippen LogP contribution in [-0.4, -0.2) is 87.4 Å². The molecular formula is C23H35N5O9. The first-order valence-corrected chi connectivity index (χ1v) is 11.7. The summed E-state index contributed by atoms with van der Waals surface area (Å²) in [5.41, 5.74) is 12.2. The minimum Gasteiger partial charge on any atom is -0.508 e. The molecule has 0 aliphatic rings. The fourth-order valence-corrected chi connectivity index (χ4v) is 3.29. The van der Waals surface area contributed by atoms with Crippen LogP contribution in [0.3, 0.4) is 0 Å². The first-order chi connectivity index (χ1) is 17.5. The summed E-state index contributed by atoms with van der Waals surface area (Å²) < 4.78 is 0. The summed E-state index contributed by atoms with van der Waals surface area (Å²) in [6.07, 6.45) is 0.358. The second-order valence-electron chi connectivity index (χ2n) is 8.40. The lowest BCUT2D eigenvalue weighted by Gasteiger charge is -2.25. The number of aromatic hydroxyl groups is 1. The van der Waals surface area contributed by atoms with Crippen molar-refractivity contribution in [3.8, 4) is 5.75 Å². The number of phenols is 1. The van der Waals surface area contributed by atoms with Crippen LogP contribution in [0.15, 0.2) is 24.3 Å². The van der Waals surface area contributed by atoms with Crippen molar-refractivity contribution in [2.24, 2.45) is 11.5 Å². The van der Waals surface area contributed by atoms with Gasteiger partial charge in [-0.2, -0.15) is 0 Å². The molecule has 4 unspecified atom stereocenters. The molecule has 14 nitrogen and oxygen atoms in total. The number of phenolic OH excluding ortho intramolecular Hbond substituents is 1. The number of amides is 3. The van der Waals surface area contributed by atoms with Crippen molar-refractivity contribution in [2.75, 3.05) is 13.2 Å². The normalized spacial score (nSPS) is 14.0. The predicted molar refractivity (Wildman–Crippen MR) is 130 cm³/mol. The molecule has 0 heterocycles. The third-order valence-corrected chi connectivity index (χ3v) is 5.39. The summed E-state index contributed by atoms with van der Waals surface area (Å²) in [7, 11) is 0. The topological polar surface area (TPSA) is 254 Å². The van der Waals surface area contributed by atoms with Crippen LogP contribution in [0.4, 0.5) is 0 Å². The monoisotopic (exact) mass is 525 g/mol. The smallest absolute Gasteiger partial charge is 0.328 e. The maximum Gasteiger partial charge on any atom is 0.328 e. The zero-order valence-electron chi connectivity index (χ0n) is 20.3. The molecule has 0 bridgehead atoms. The molecule has 0 aliphatic carbocycles. The first-order valence-electron chi connectivity index (χ1n) is 11.7. The number of nitrogens with one attached hydrogen (secondary N) is 3. The number of carbonyl (C=O) groups is 5. The molecule has 206 valence electrons. The maximum absolute atomic E-state index is 13.0. The Hall–Kier alpha value is -3.75. The molecule has 3 amide bonds. The quantitative estimate of drug-likeness (QED) is 0.0985. The molecule has 0 radical (unpaired) electrons. The molecule has 11 N–H and O–H groups in total. The highest BCUT2D eigenvalue weighted by atomic mass is 16.4. The first kappa shape index (κ1) is 31.3. The zero-order chi connectivity index (χ0) is 28.0. The van der Waals surface area contributed by atoms with Crippen molar-refractivity contribution < 1.29 is 44.4 Å². The lowest BCUT2D eigenvalue weighted by atomic mass is 10.0. The van der Waals surface area contributed by atoms with E-state index < -0.39 is 66.9 Å². The van der Waals surface area contributed by atoms with E-state index in [0.717, 1.165) is 0 Å². The fraction of sp³-hybridized carbons (Fsp3) is 0.522. The Kier molecular flexibility index (Phi) is 13.6. The summed E-state index contributed by atoms with van der Waals surface area (Å²) in [5, 5.41) is 43.5. The van der Waals surface area contributed by atoms with Gasteiger partial charge in [0.25, 0.3) is 0 Å². The maximum atomic E-state index is 13.0. The zero-order valence-corrected chi connectivity index (χ0v) is 20.3. The van der Waals surface area contributed by atoms with E-state index in [9.17, 15) is 29.1 Å². The van der Waals surface area contributed by atoms with Crippen molar-refractivity contribution in [3.63, 3.8) is 0 Å². The summed E-state index contributed by atoms with van der Waals surface area (Å²) in [6.45, 7) is -0.582. The molecule has 0 spiro atoms. The molecule has 1 aromatic carbocycles. The van der Waals surface area contributed by atoms with Crippen LogP contribution in [-0.2, 0) is 30.4 Å². The Morgan fingerprint density at radius 2 is 1.35 bits per heavy atom. The summed E-state index contributed by atoms with van der Waals surface area (Å²) in [4.78, 5) is 60.5. The molecule has 0 aliphatic heterocycles. The Balaban J connectivity index is 2.97. The van der Waals surface area contributed by atoms with E-state index in [2.05, 4.69) is 10.6 Å². The van der Waals surface area contributed by atoms with Gasteiger partial charge in [0.1, 0.15) is 23.9 Å². The van der Waals surface area contributed by atoms with Gasteiger partial charge in [-0.3, -0.25) is 19.2 Å². The van der Waals surface area contributed by atoms with E-state index in [1.54, 1.807) is 12.1 Å². The third-order valence-electron chi connectivity index (χ3n) is 5.39. The number of benzene rings is 1. The van der Waals surface area contributed by atoms with Crippen LogP contribution in [0.5, 0.6) is 5.75 Å². The Bertz CT molecular complexity index is 926. The van der Waals surface area contributed by atoms with Crippen LogP contribution in [0, 0.1) is 0 Å². The summed E-state index contributed by atoms with van der Waals surface area (Å²) in [5.74, 6) is -5.19. The summed E-state index contributed by atoms with van der Waals surface area (Å²) in [6, 6.07) is 0.784. The predicted octanol–water partition coefficient (Wildman–Crippen LogP) is -2.21. The van der Waals surface area contributed by atoms with E-state index in [1.807, 2.05) is 5.32 Å². The number of rotatable bonds is 17. The minimum atomic E-state index is -1.66. The van der Waals surface area contributed by atoms with Gasteiger partial charge >= 0.3 is 11.9 Å². The van der Waals surface area contributed by atoms with E-state index >= 15 is 0 Å². The Morgan fingerprint density at radius 3 is 1.86 bits per heavy atom. The minimum absolute atomic E-state index is 0.0496. The molecular weight excluding hydrogens is 490 g/mol. The number of hydrogen-bond acceptors (Lipinski definition) is 9. The Morgan fingerprint density at radius 1 is 0.811 bits per heavy atom. The molecule has 4 atom stereocenters. The standard InChI is InChI=1S/C23H35N5O9/c24-10-2-1-3-16(26-20(33)15(25)11-13-4-6-14(30)7-5-13)21(34)27-17(8-9-19(31)32)22(35)28-18(12-29)23(36)37/h4-7,15-18,29-30H,1-3,8-12,24-25H2,(H,26,33)(H,27,34)(H,28,35)(H,31,32)(H,36,37). The van der Waals surface area contributed by atoms with E-state index in [0.29, 0.717) is 24.9 Å². The highest BCUT2D eigenvalue weighted by molar-refractivity contribution is 5.94. The molecule has 37 heavy (non-hydrogen) atoms.